The second-order valence-electron chi connectivity index (χ2n) is 4.42. The van der Waals surface area contributed by atoms with Crippen molar-refractivity contribution < 1.29 is 14.3 Å². The third kappa shape index (κ3) is 2.54. The van der Waals surface area contributed by atoms with Gasteiger partial charge in [-0.25, -0.2) is 0 Å². The summed E-state index contributed by atoms with van der Waals surface area (Å²) in [5, 5.41) is 0. The first-order valence-corrected chi connectivity index (χ1v) is 5.88. The van der Waals surface area contributed by atoms with Crippen LogP contribution >= 0.6 is 0 Å². The van der Waals surface area contributed by atoms with Crippen LogP contribution in [-0.4, -0.2) is 18.9 Å². The maximum atomic E-state index is 11.7. The Balaban J connectivity index is 2.13. The third-order valence-corrected chi connectivity index (χ3v) is 3.40. The molecular weight excluding hydrogens is 216 g/mol. The maximum absolute atomic E-state index is 11.7. The van der Waals surface area contributed by atoms with E-state index < -0.39 is 11.9 Å². The molecule has 1 aliphatic rings. The number of hydrogen-bond acceptors (Lipinski definition) is 3. The van der Waals surface area contributed by atoms with Crippen LogP contribution in [-0.2, 0) is 14.3 Å². The van der Waals surface area contributed by atoms with Crippen molar-refractivity contribution in [2.24, 2.45) is 5.92 Å². The van der Waals surface area contributed by atoms with E-state index in [2.05, 4.69) is 16.9 Å². The summed E-state index contributed by atoms with van der Waals surface area (Å²) in [5.41, 5.74) is 1.20. The van der Waals surface area contributed by atoms with E-state index in [0.29, 0.717) is 12.8 Å². The predicted molar refractivity (Wildman–Crippen MR) is 63.5 cm³/mol. The molecule has 0 spiro atoms. The Morgan fingerprint density at radius 3 is 2.65 bits per heavy atom. The second-order valence-corrected chi connectivity index (χ2v) is 4.42. The molecule has 2 atom stereocenters. The monoisotopic (exact) mass is 232 g/mol. The van der Waals surface area contributed by atoms with Gasteiger partial charge in [0.25, 0.3) is 0 Å². The lowest BCUT2D eigenvalue weighted by atomic mass is 9.77. The quantitative estimate of drug-likeness (QED) is 0.580. The van der Waals surface area contributed by atoms with Gasteiger partial charge in [0.1, 0.15) is 11.7 Å². The van der Waals surface area contributed by atoms with Crippen LogP contribution in [0.2, 0.25) is 0 Å². The van der Waals surface area contributed by atoms with Crippen LogP contribution in [0.3, 0.4) is 0 Å². The van der Waals surface area contributed by atoms with Gasteiger partial charge in [0, 0.05) is 6.42 Å². The molecule has 1 aromatic rings. The van der Waals surface area contributed by atoms with Crippen molar-refractivity contribution in [1.29, 1.82) is 0 Å². The van der Waals surface area contributed by atoms with E-state index >= 15 is 0 Å². The molecule has 0 aliphatic heterocycles. The minimum Gasteiger partial charge on any atom is -0.468 e. The third-order valence-electron chi connectivity index (χ3n) is 3.40. The number of hydrogen-bond donors (Lipinski definition) is 0. The molecule has 1 fully saturated rings. The van der Waals surface area contributed by atoms with Gasteiger partial charge in [0.2, 0.25) is 0 Å². The first-order chi connectivity index (χ1) is 8.22. The zero-order valence-corrected chi connectivity index (χ0v) is 9.89. The molecule has 0 radical (unpaired) electrons. The van der Waals surface area contributed by atoms with Gasteiger partial charge in [-0.2, -0.15) is 0 Å². The number of rotatable bonds is 2. The van der Waals surface area contributed by atoms with Gasteiger partial charge < -0.3 is 4.74 Å². The van der Waals surface area contributed by atoms with Gasteiger partial charge in [0.05, 0.1) is 7.11 Å². The Labute approximate surface area is 101 Å². The molecule has 1 aliphatic carbocycles. The number of carbonyl (C=O) groups excluding carboxylic acids is 2. The van der Waals surface area contributed by atoms with Crippen LogP contribution in [0.4, 0.5) is 0 Å². The molecule has 2 rings (SSSR count). The first kappa shape index (κ1) is 11.8. The largest absolute Gasteiger partial charge is 0.468 e. The highest BCUT2D eigenvalue weighted by molar-refractivity contribution is 5.99. The molecule has 3 heteroatoms. The summed E-state index contributed by atoms with van der Waals surface area (Å²) in [5.74, 6) is -0.656. The smallest absolute Gasteiger partial charge is 0.316 e. The standard InChI is InChI=1S/C14H16O3/c1-17-14(16)12-9-11(7-8-13(12)15)10-5-3-2-4-6-10/h2-6,11-12H,7-9H2,1H3/t11-,12+/m1/s1. The minimum absolute atomic E-state index is 0.0176. The number of benzene rings is 1. The van der Waals surface area contributed by atoms with Crippen molar-refractivity contribution in [2.45, 2.75) is 25.2 Å². The van der Waals surface area contributed by atoms with Gasteiger partial charge >= 0.3 is 5.97 Å². The van der Waals surface area contributed by atoms with E-state index in [1.807, 2.05) is 18.2 Å². The van der Waals surface area contributed by atoms with Gasteiger partial charge in [-0.1, -0.05) is 30.3 Å². The van der Waals surface area contributed by atoms with Crippen LogP contribution in [0.15, 0.2) is 30.3 Å². The van der Waals surface area contributed by atoms with Crippen molar-refractivity contribution in [2.75, 3.05) is 7.11 Å². The number of Topliss-reactive ketones (excluding diaryl/α,β-unsaturated/α-hetero) is 1. The van der Waals surface area contributed by atoms with Crippen LogP contribution in [0.5, 0.6) is 0 Å². The molecule has 0 N–H and O–H groups in total. The van der Waals surface area contributed by atoms with E-state index in [-0.39, 0.29) is 11.7 Å². The Morgan fingerprint density at radius 2 is 2.00 bits per heavy atom. The van der Waals surface area contributed by atoms with Crippen LogP contribution in [0.1, 0.15) is 30.7 Å². The van der Waals surface area contributed by atoms with Crippen molar-refractivity contribution in [3.8, 4) is 0 Å². The van der Waals surface area contributed by atoms with Gasteiger partial charge in [-0.05, 0) is 24.3 Å². The number of methoxy groups -OCH3 is 1. The van der Waals surface area contributed by atoms with Gasteiger partial charge in [-0.3, -0.25) is 9.59 Å². The summed E-state index contributed by atoms with van der Waals surface area (Å²) < 4.78 is 4.68. The summed E-state index contributed by atoms with van der Waals surface area (Å²) in [6, 6.07) is 10.0. The minimum atomic E-state index is -0.570. The Hall–Kier alpha value is -1.64. The molecular formula is C14H16O3. The highest BCUT2D eigenvalue weighted by Crippen LogP contribution is 2.34. The SMILES string of the molecule is COC(=O)[C@H]1C[C@H](c2ccccc2)CCC1=O. The van der Waals surface area contributed by atoms with E-state index in [1.165, 1.54) is 12.7 Å². The topological polar surface area (TPSA) is 43.4 Å². The molecule has 1 aromatic carbocycles. The highest BCUT2D eigenvalue weighted by Gasteiger charge is 2.34. The summed E-state index contributed by atoms with van der Waals surface area (Å²) in [4.78, 5) is 23.2. The van der Waals surface area contributed by atoms with Crippen molar-refractivity contribution >= 4 is 11.8 Å². The highest BCUT2D eigenvalue weighted by atomic mass is 16.5. The average molecular weight is 232 g/mol. The van der Waals surface area contributed by atoms with Gasteiger partial charge in [-0.15, -0.1) is 0 Å². The lowest BCUT2D eigenvalue weighted by Gasteiger charge is -2.26. The Kier molecular flexibility index (Phi) is 3.57. The fourth-order valence-corrected chi connectivity index (χ4v) is 2.42. The molecule has 0 bridgehead atoms. The Morgan fingerprint density at radius 1 is 1.29 bits per heavy atom. The molecule has 90 valence electrons. The zero-order valence-electron chi connectivity index (χ0n) is 9.89. The lowest BCUT2D eigenvalue weighted by Crippen LogP contribution is -2.31. The van der Waals surface area contributed by atoms with Crippen LogP contribution in [0, 0.1) is 5.92 Å². The first-order valence-electron chi connectivity index (χ1n) is 5.88. The van der Waals surface area contributed by atoms with Crippen molar-refractivity contribution in [1.82, 2.24) is 0 Å². The number of ketones is 1. The molecule has 0 heterocycles. The summed E-state index contributed by atoms with van der Waals surface area (Å²) >= 11 is 0. The maximum Gasteiger partial charge on any atom is 0.316 e. The fourth-order valence-electron chi connectivity index (χ4n) is 2.42. The fraction of sp³-hybridized carbons (Fsp3) is 0.429. The van der Waals surface area contributed by atoms with Gasteiger partial charge in [0.15, 0.2) is 0 Å². The molecule has 3 nitrogen and oxygen atoms in total. The lowest BCUT2D eigenvalue weighted by molar-refractivity contribution is -0.150. The summed E-state index contributed by atoms with van der Waals surface area (Å²) in [6.07, 6.45) is 1.88. The van der Waals surface area contributed by atoms with Crippen LogP contribution in [0.25, 0.3) is 0 Å². The molecule has 0 aromatic heterocycles. The summed E-state index contributed by atoms with van der Waals surface area (Å²) in [6.45, 7) is 0. The molecule has 0 amide bonds. The van der Waals surface area contributed by atoms with E-state index in [4.69, 9.17) is 0 Å². The van der Waals surface area contributed by atoms with E-state index in [0.717, 1.165) is 6.42 Å². The predicted octanol–water partition coefficient (Wildman–Crippen LogP) is 2.31. The number of esters is 1. The average Bonchev–Trinajstić information content (AvgIpc) is 2.39. The zero-order chi connectivity index (χ0) is 12.3. The summed E-state index contributed by atoms with van der Waals surface area (Å²) in [7, 11) is 1.34. The molecule has 1 saturated carbocycles. The number of carbonyl (C=O) groups is 2. The van der Waals surface area contributed by atoms with Crippen molar-refractivity contribution in [3.05, 3.63) is 35.9 Å². The van der Waals surface area contributed by atoms with Crippen molar-refractivity contribution in [3.63, 3.8) is 0 Å². The molecule has 17 heavy (non-hydrogen) atoms. The normalized spacial score (nSPS) is 24.4. The van der Waals surface area contributed by atoms with Crippen LogP contribution < -0.4 is 0 Å². The van der Waals surface area contributed by atoms with E-state index in [9.17, 15) is 9.59 Å². The second kappa shape index (κ2) is 5.13. The Bertz CT molecular complexity index is 403. The molecule has 0 saturated heterocycles. The number of ether oxygens (including phenoxy) is 1. The van der Waals surface area contributed by atoms with E-state index in [1.54, 1.807) is 0 Å². The molecule has 0 unspecified atom stereocenters.